The van der Waals surface area contributed by atoms with Crippen LogP contribution >= 0.6 is 0 Å². The highest BCUT2D eigenvalue weighted by Gasteiger charge is 2.69. The number of nitrogens with one attached hydrogen (secondary N) is 2. The van der Waals surface area contributed by atoms with E-state index in [1.807, 2.05) is 0 Å². The molecular weight excluding hydrogens is 540 g/mol. The Morgan fingerprint density at radius 1 is 0.976 bits per heavy atom. The van der Waals surface area contributed by atoms with Crippen LogP contribution in [0.3, 0.4) is 0 Å². The Morgan fingerprint density at radius 2 is 1.67 bits per heavy atom. The third kappa shape index (κ3) is 6.97. The molecule has 3 heterocycles. The first-order valence-corrected chi connectivity index (χ1v) is 15.5. The number of carbonyl (C=O) groups is 6. The van der Waals surface area contributed by atoms with Gasteiger partial charge in [0, 0.05) is 38.9 Å². The number of fused-ring (bicyclic) bond motifs is 5. The van der Waals surface area contributed by atoms with Crippen molar-refractivity contribution in [3.63, 3.8) is 0 Å². The van der Waals surface area contributed by atoms with E-state index in [1.165, 1.54) is 6.92 Å². The molecule has 0 aromatic carbocycles. The van der Waals surface area contributed by atoms with Crippen LogP contribution in [0.15, 0.2) is 0 Å². The van der Waals surface area contributed by atoms with Gasteiger partial charge < -0.3 is 25.2 Å². The molecule has 3 saturated heterocycles. The Kier molecular flexibility index (Phi) is 9.37. The molecule has 234 valence electrons. The summed E-state index contributed by atoms with van der Waals surface area (Å²) in [5, 5.41) is 5.65. The molecule has 42 heavy (non-hydrogen) atoms. The third-order valence-electron chi connectivity index (χ3n) is 9.59. The molecule has 0 radical (unpaired) electrons. The lowest BCUT2D eigenvalue weighted by molar-refractivity contribution is -0.145. The summed E-state index contributed by atoms with van der Waals surface area (Å²) in [6.07, 6.45) is 4.15. The fourth-order valence-corrected chi connectivity index (χ4v) is 7.22. The van der Waals surface area contributed by atoms with Gasteiger partial charge in [-0.3, -0.25) is 24.0 Å². The van der Waals surface area contributed by atoms with Crippen LogP contribution in [0.1, 0.15) is 92.9 Å². The Balaban J connectivity index is 1.68. The van der Waals surface area contributed by atoms with Crippen molar-refractivity contribution in [2.45, 2.75) is 117 Å². The smallest absolute Gasteiger partial charge is 0.408 e. The van der Waals surface area contributed by atoms with Crippen LogP contribution in [-0.2, 0) is 28.7 Å². The minimum atomic E-state index is -0.989. The van der Waals surface area contributed by atoms with Gasteiger partial charge in [-0.25, -0.2) is 4.79 Å². The Morgan fingerprint density at radius 3 is 2.33 bits per heavy atom. The first-order valence-electron chi connectivity index (χ1n) is 15.5. The van der Waals surface area contributed by atoms with E-state index in [9.17, 15) is 28.8 Å². The number of ether oxygens (including phenoxy) is 1. The molecule has 3 aliphatic heterocycles. The second-order valence-electron chi connectivity index (χ2n) is 14.2. The molecule has 11 nitrogen and oxygen atoms in total. The van der Waals surface area contributed by atoms with Gasteiger partial charge in [0.15, 0.2) is 5.78 Å². The molecule has 0 aromatic rings. The van der Waals surface area contributed by atoms with E-state index in [0.717, 1.165) is 12.8 Å². The van der Waals surface area contributed by atoms with Gasteiger partial charge in [0.2, 0.25) is 23.5 Å². The highest BCUT2D eigenvalue weighted by molar-refractivity contribution is 6.38. The number of hydrogen-bond acceptors (Lipinski definition) is 7. The Hall–Kier alpha value is -2.98. The number of carbonyl (C=O) groups excluding carboxylic acids is 6. The van der Waals surface area contributed by atoms with Crippen LogP contribution in [0.25, 0.3) is 0 Å². The molecule has 1 aliphatic carbocycles. The summed E-state index contributed by atoms with van der Waals surface area (Å²) in [5.41, 5.74) is -0.946. The molecule has 3 unspecified atom stereocenters. The molecule has 0 spiro atoms. The molecule has 2 N–H and O–H groups in total. The first-order chi connectivity index (χ1) is 19.6. The van der Waals surface area contributed by atoms with E-state index in [4.69, 9.17) is 4.74 Å². The molecule has 4 fully saturated rings. The number of amides is 4. The van der Waals surface area contributed by atoms with Crippen molar-refractivity contribution in [3.8, 4) is 0 Å². The van der Waals surface area contributed by atoms with E-state index in [2.05, 4.69) is 24.5 Å². The maximum Gasteiger partial charge on any atom is 0.408 e. The standard InChI is InChI=1S/C31H48N4O7/c1-18(36)26(38)21-13-9-7-8-10-14-22(37)34-15-11-12-19(16-34)24(33-29(41)42-30(2,3)4)28(40)35-17-20-23(31(20,5)6)25(35)27(39)32-21/h19-21,23-25H,7-17H2,1-6H3,(H,32,39)(H,33,41)/t19?,20?,21-,23?,24-,25-/m0/s1. The van der Waals surface area contributed by atoms with Gasteiger partial charge in [-0.1, -0.05) is 33.1 Å². The fourth-order valence-electron chi connectivity index (χ4n) is 7.22. The van der Waals surface area contributed by atoms with E-state index in [0.29, 0.717) is 58.2 Å². The summed E-state index contributed by atoms with van der Waals surface area (Å²) >= 11 is 0. The number of ketones is 2. The number of piperidine rings is 2. The normalized spacial score (nSPS) is 32.2. The molecule has 11 heteroatoms. The van der Waals surface area contributed by atoms with E-state index < -0.39 is 47.3 Å². The highest BCUT2D eigenvalue weighted by atomic mass is 16.6. The monoisotopic (exact) mass is 588 g/mol. The second kappa shape index (κ2) is 12.3. The van der Waals surface area contributed by atoms with Gasteiger partial charge in [0.1, 0.15) is 17.7 Å². The lowest BCUT2D eigenvalue weighted by Gasteiger charge is -2.40. The van der Waals surface area contributed by atoms with E-state index in [1.54, 1.807) is 30.6 Å². The van der Waals surface area contributed by atoms with Gasteiger partial charge in [0.05, 0.1) is 6.04 Å². The van der Waals surface area contributed by atoms with Crippen LogP contribution in [0, 0.1) is 23.2 Å². The minimum absolute atomic E-state index is 0.0241. The largest absolute Gasteiger partial charge is 0.444 e. The van der Waals surface area contributed by atoms with Gasteiger partial charge in [-0.05, 0) is 63.7 Å². The van der Waals surface area contributed by atoms with E-state index in [-0.39, 0.29) is 35.0 Å². The molecule has 0 aromatic heterocycles. The zero-order valence-electron chi connectivity index (χ0n) is 26.0. The van der Waals surface area contributed by atoms with Gasteiger partial charge in [0.25, 0.3) is 0 Å². The topological polar surface area (TPSA) is 142 Å². The molecule has 4 aliphatic rings. The number of nitrogens with zero attached hydrogens (tertiary/aromatic N) is 2. The zero-order valence-corrected chi connectivity index (χ0v) is 26.0. The van der Waals surface area contributed by atoms with Crippen molar-refractivity contribution >= 4 is 35.4 Å². The molecule has 4 amide bonds. The van der Waals surface area contributed by atoms with Crippen LogP contribution in [0.2, 0.25) is 0 Å². The van der Waals surface area contributed by atoms with Crippen molar-refractivity contribution in [3.05, 3.63) is 0 Å². The van der Waals surface area contributed by atoms with Gasteiger partial charge in [-0.2, -0.15) is 0 Å². The lowest BCUT2D eigenvalue weighted by atomic mass is 9.88. The third-order valence-corrected chi connectivity index (χ3v) is 9.59. The van der Waals surface area contributed by atoms with E-state index >= 15 is 0 Å². The molecule has 4 rings (SSSR count). The quantitative estimate of drug-likeness (QED) is 0.483. The van der Waals surface area contributed by atoms with Crippen LogP contribution in [-0.4, -0.2) is 88.5 Å². The number of Topliss-reactive ketones (excluding diaryl/α,β-unsaturated/α-hetero) is 2. The molecule has 6 atom stereocenters. The summed E-state index contributed by atoms with van der Waals surface area (Å²) in [6.45, 7) is 11.9. The van der Waals surface area contributed by atoms with Gasteiger partial charge >= 0.3 is 6.09 Å². The van der Waals surface area contributed by atoms with Crippen molar-refractivity contribution in [1.82, 2.24) is 20.4 Å². The van der Waals surface area contributed by atoms with Crippen molar-refractivity contribution in [2.24, 2.45) is 23.2 Å². The number of hydrogen-bond donors (Lipinski definition) is 2. The summed E-state index contributed by atoms with van der Waals surface area (Å²) in [7, 11) is 0. The van der Waals surface area contributed by atoms with Crippen molar-refractivity contribution in [2.75, 3.05) is 19.6 Å². The summed E-state index contributed by atoms with van der Waals surface area (Å²) in [6, 6.07) is -2.79. The Labute approximate surface area is 248 Å². The fraction of sp³-hybridized carbons (Fsp3) is 0.806. The number of rotatable bonds is 3. The van der Waals surface area contributed by atoms with Crippen molar-refractivity contribution < 1.29 is 33.5 Å². The lowest BCUT2D eigenvalue weighted by Crippen LogP contribution is -2.61. The minimum Gasteiger partial charge on any atom is -0.444 e. The van der Waals surface area contributed by atoms with Crippen LogP contribution in [0.5, 0.6) is 0 Å². The SMILES string of the molecule is CC(=O)C(=O)[C@@H]1CCCCCCC(=O)N2CCCC(C2)[C@H](NC(=O)OC(C)(C)C)C(=O)N2CC3C([C@H]2C(=O)N1)C3(C)C. The summed E-state index contributed by atoms with van der Waals surface area (Å²) in [4.78, 5) is 82.5. The first kappa shape index (κ1) is 31.9. The zero-order chi connectivity index (χ0) is 31.0. The summed E-state index contributed by atoms with van der Waals surface area (Å²) in [5.74, 6) is -2.44. The molecule has 2 bridgehead atoms. The maximum absolute atomic E-state index is 14.4. The predicted molar refractivity (Wildman–Crippen MR) is 154 cm³/mol. The Bertz CT molecular complexity index is 1110. The average molecular weight is 589 g/mol. The van der Waals surface area contributed by atoms with Crippen molar-refractivity contribution in [1.29, 1.82) is 0 Å². The average Bonchev–Trinajstić information content (AvgIpc) is 3.22. The van der Waals surface area contributed by atoms with Gasteiger partial charge in [-0.15, -0.1) is 0 Å². The molecular formula is C31H48N4O7. The predicted octanol–water partition coefficient (Wildman–Crippen LogP) is 2.60. The van der Waals surface area contributed by atoms with Crippen LogP contribution < -0.4 is 10.6 Å². The maximum atomic E-state index is 14.4. The second-order valence-corrected chi connectivity index (χ2v) is 14.2. The summed E-state index contributed by atoms with van der Waals surface area (Å²) < 4.78 is 5.51. The highest BCUT2D eigenvalue weighted by Crippen LogP contribution is 2.65. The number of alkyl carbamates (subject to hydrolysis) is 1. The van der Waals surface area contributed by atoms with Crippen LogP contribution in [0.4, 0.5) is 4.79 Å². The molecule has 1 saturated carbocycles.